The average Bonchev–Trinajstić information content (AvgIpc) is 3.19. The first-order valence-corrected chi connectivity index (χ1v) is 18.5. The van der Waals surface area contributed by atoms with Gasteiger partial charge in [0.2, 0.25) is 5.91 Å². The predicted octanol–water partition coefficient (Wildman–Crippen LogP) is 7.64. The molecule has 0 aromatic heterocycles. The lowest BCUT2D eigenvalue weighted by Gasteiger charge is -2.72. The molecule has 46 heavy (non-hydrogen) atoms. The number of ether oxygens (including phenoxy) is 1. The highest BCUT2D eigenvalue weighted by molar-refractivity contribution is 6.03. The molecule has 0 aromatic rings. The topological polar surface area (TPSA) is 105 Å². The Labute approximate surface area is 277 Å². The molecule has 3 N–H and O–H groups in total. The Morgan fingerprint density at radius 3 is 2.11 bits per heavy atom. The van der Waals surface area contributed by atoms with E-state index in [1.165, 1.54) is 5.57 Å². The van der Waals surface area contributed by atoms with Gasteiger partial charge < -0.3 is 20.5 Å². The number of aliphatic hydroxyl groups excluding tert-OH is 1. The Kier molecular flexibility index (Phi) is 7.80. The van der Waals surface area contributed by atoms with E-state index in [-0.39, 0.29) is 51.3 Å². The number of Topliss-reactive ketones (excluding diaryl/α,β-unsaturated/α-hetero) is 1. The number of ketones is 1. The third kappa shape index (κ3) is 4.70. The van der Waals surface area contributed by atoms with Gasteiger partial charge in [0, 0.05) is 6.42 Å². The van der Waals surface area contributed by atoms with E-state index < -0.39 is 22.8 Å². The number of nitrogens with one attached hydrogen (secondary N) is 2. The van der Waals surface area contributed by atoms with Gasteiger partial charge in [-0.05, 0) is 148 Å². The van der Waals surface area contributed by atoms with Gasteiger partial charge in [-0.15, -0.1) is 0 Å². The van der Waals surface area contributed by atoms with Gasteiger partial charge in [0.25, 0.3) is 0 Å². The van der Waals surface area contributed by atoms with Crippen LogP contribution in [0.15, 0.2) is 11.1 Å². The molecule has 0 radical (unpaired) electrons. The summed E-state index contributed by atoms with van der Waals surface area (Å²) in [5.41, 5.74) is 0.00157. The van der Waals surface area contributed by atoms with Gasteiger partial charge in [-0.2, -0.15) is 0 Å². The van der Waals surface area contributed by atoms with Crippen LogP contribution in [0.5, 0.6) is 0 Å². The zero-order chi connectivity index (χ0) is 33.9. The number of hydrogen-bond acceptors (Lipinski definition) is 5. The monoisotopic (exact) mass is 638 g/mol. The minimum absolute atomic E-state index is 0.00133. The van der Waals surface area contributed by atoms with Gasteiger partial charge in [-0.3, -0.25) is 9.59 Å². The van der Waals surface area contributed by atoms with Crippen LogP contribution >= 0.6 is 0 Å². The SMILES string of the molecule is CC(C)C1=C2[C@H]3CC[C@@H]4[C@@]5(C)CC[C@H](O)C(C)(C)[C@@H]5CC[C@@]4(C)[C@]3(C)CC[C@@]2(NC(=O)C2(NC(=O)OC(C)(C)C)CCC2)CC1=O. The molecule has 0 aromatic carbocycles. The quantitative estimate of drug-likeness (QED) is 0.294. The van der Waals surface area contributed by atoms with Crippen molar-refractivity contribution in [1.82, 2.24) is 10.6 Å². The second kappa shape index (κ2) is 10.6. The molecule has 5 fully saturated rings. The molecular formula is C39H62N2O5. The molecule has 5 saturated carbocycles. The van der Waals surface area contributed by atoms with Gasteiger partial charge in [-0.1, -0.05) is 48.5 Å². The molecule has 0 bridgehead atoms. The molecule has 7 heteroatoms. The maximum absolute atomic E-state index is 14.3. The Morgan fingerprint density at radius 1 is 0.848 bits per heavy atom. The highest BCUT2D eigenvalue weighted by Crippen LogP contribution is 2.75. The summed E-state index contributed by atoms with van der Waals surface area (Å²) < 4.78 is 5.56. The van der Waals surface area contributed by atoms with Crippen molar-refractivity contribution in [3.05, 3.63) is 11.1 Å². The second-order valence-corrected chi connectivity index (χ2v) is 19.2. The summed E-state index contributed by atoms with van der Waals surface area (Å²) >= 11 is 0. The fraction of sp³-hybridized carbons (Fsp3) is 0.872. The standard InChI is InChI=1S/C39H62N2O5/c1-23(2)29-25(42)22-39(40-31(44)38(16-11-17-38)41-32(45)46-33(3,4)5)21-20-36(9)24(30(29)39)12-13-27-35(8)18-15-28(43)34(6,7)26(35)14-19-37(27,36)10/h23-24,26-28,43H,11-22H2,1-10H3,(H,40,44)(H,41,45)/t24-,26+,27-,28+,35+,36-,37-,39-/m1/s1. The van der Waals surface area contributed by atoms with E-state index in [1.54, 1.807) is 0 Å². The molecule has 6 rings (SSSR count). The lowest BCUT2D eigenvalue weighted by Crippen LogP contribution is -2.70. The van der Waals surface area contributed by atoms with Crippen molar-refractivity contribution >= 4 is 17.8 Å². The van der Waals surface area contributed by atoms with Crippen LogP contribution in [0, 0.1) is 45.3 Å². The zero-order valence-electron chi connectivity index (χ0n) is 30.5. The van der Waals surface area contributed by atoms with Crippen molar-refractivity contribution in [2.45, 2.75) is 169 Å². The van der Waals surface area contributed by atoms with Crippen LogP contribution in [-0.4, -0.2) is 45.7 Å². The van der Waals surface area contributed by atoms with E-state index in [1.807, 2.05) is 20.8 Å². The number of carbonyl (C=O) groups is 3. The molecule has 0 spiro atoms. The normalized spacial score (nSPS) is 42.7. The van der Waals surface area contributed by atoms with Crippen molar-refractivity contribution in [3.63, 3.8) is 0 Å². The summed E-state index contributed by atoms with van der Waals surface area (Å²) in [7, 11) is 0. The van der Waals surface area contributed by atoms with Crippen LogP contribution in [0.2, 0.25) is 0 Å². The van der Waals surface area contributed by atoms with Gasteiger partial charge in [-0.25, -0.2) is 4.79 Å². The van der Waals surface area contributed by atoms with E-state index >= 15 is 0 Å². The predicted molar refractivity (Wildman–Crippen MR) is 180 cm³/mol. The highest BCUT2D eigenvalue weighted by Gasteiger charge is 2.70. The molecule has 6 aliphatic carbocycles. The molecule has 0 aliphatic heterocycles. The first-order chi connectivity index (χ1) is 21.2. The van der Waals surface area contributed by atoms with Gasteiger partial charge in [0.05, 0.1) is 11.6 Å². The summed E-state index contributed by atoms with van der Waals surface area (Å²) in [4.78, 5) is 41.2. The highest BCUT2D eigenvalue weighted by atomic mass is 16.6. The number of allylic oxidation sites excluding steroid dienone is 1. The largest absolute Gasteiger partial charge is 0.444 e. The summed E-state index contributed by atoms with van der Waals surface area (Å²) in [5, 5.41) is 17.5. The molecule has 8 atom stereocenters. The number of fused-ring (bicyclic) bond motifs is 7. The second-order valence-electron chi connectivity index (χ2n) is 19.2. The third-order valence-electron chi connectivity index (χ3n) is 15.1. The van der Waals surface area contributed by atoms with Gasteiger partial charge in [0.15, 0.2) is 5.78 Å². The number of hydrogen-bond donors (Lipinski definition) is 3. The van der Waals surface area contributed by atoms with Crippen molar-refractivity contribution in [2.24, 2.45) is 45.3 Å². The molecular weight excluding hydrogens is 576 g/mol. The van der Waals surface area contributed by atoms with Crippen molar-refractivity contribution in [3.8, 4) is 0 Å². The van der Waals surface area contributed by atoms with E-state index in [0.29, 0.717) is 31.1 Å². The fourth-order valence-corrected chi connectivity index (χ4v) is 12.5. The minimum Gasteiger partial charge on any atom is -0.444 e. The first-order valence-electron chi connectivity index (χ1n) is 18.5. The number of carbonyl (C=O) groups excluding carboxylic acids is 3. The van der Waals surface area contributed by atoms with Crippen molar-refractivity contribution in [2.75, 3.05) is 0 Å². The Hall–Kier alpha value is -1.89. The molecule has 2 amide bonds. The first kappa shape index (κ1) is 34.0. The zero-order valence-corrected chi connectivity index (χ0v) is 30.5. The van der Waals surface area contributed by atoms with Crippen molar-refractivity contribution < 1.29 is 24.2 Å². The minimum atomic E-state index is -0.998. The lowest BCUT2D eigenvalue weighted by molar-refractivity contribution is -0.227. The van der Waals surface area contributed by atoms with Crippen LogP contribution in [-0.2, 0) is 14.3 Å². The number of amides is 2. The third-order valence-corrected chi connectivity index (χ3v) is 15.1. The maximum Gasteiger partial charge on any atom is 0.408 e. The molecule has 0 unspecified atom stereocenters. The van der Waals surface area contributed by atoms with E-state index in [4.69, 9.17) is 4.74 Å². The summed E-state index contributed by atoms with van der Waals surface area (Å²) in [6.45, 7) is 22.0. The molecule has 6 aliphatic rings. The summed E-state index contributed by atoms with van der Waals surface area (Å²) in [6.07, 6.45) is 9.61. The Balaban J connectivity index is 1.35. The number of alkyl carbamates (subject to hydrolysis) is 1. The average molecular weight is 639 g/mol. The maximum atomic E-state index is 14.3. The van der Waals surface area contributed by atoms with Crippen LogP contribution in [0.3, 0.4) is 0 Å². The molecule has 258 valence electrons. The fourth-order valence-electron chi connectivity index (χ4n) is 12.5. The number of rotatable bonds is 4. The van der Waals surface area contributed by atoms with E-state index in [9.17, 15) is 19.5 Å². The molecule has 0 saturated heterocycles. The molecule has 7 nitrogen and oxygen atoms in total. The lowest BCUT2D eigenvalue weighted by atomic mass is 9.33. The number of aliphatic hydroxyl groups is 1. The van der Waals surface area contributed by atoms with Crippen LogP contribution in [0.25, 0.3) is 0 Å². The Bertz CT molecular complexity index is 1340. The van der Waals surface area contributed by atoms with Crippen LogP contribution in [0.4, 0.5) is 4.79 Å². The summed E-state index contributed by atoms with van der Waals surface area (Å²) in [5.74, 6) is 1.39. The van der Waals surface area contributed by atoms with Crippen LogP contribution < -0.4 is 10.6 Å². The smallest absolute Gasteiger partial charge is 0.408 e. The summed E-state index contributed by atoms with van der Waals surface area (Å²) in [6, 6.07) is 0. The van der Waals surface area contributed by atoms with E-state index in [0.717, 1.165) is 63.4 Å². The van der Waals surface area contributed by atoms with E-state index in [2.05, 4.69) is 59.1 Å². The Morgan fingerprint density at radius 2 is 1.52 bits per heavy atom. The van der Waals surface area contributed by atoms with Gasteiger partial charge >= 0.3 is 6.09 Å². The van der Waals surface area contributed by atoms with Crippen LogP contribution in [0.1, 0.15) is 146 Å². The van der Waals surface area contributed by atoms with Gasteiger partial charge in [0.1, 0.15) is 11.1 Å². The molecule has 0 heterocycles. The van der Waals surface area contributed by atoms with Crippen molar-refractivity contribution in [1.29, 1.82) is 0 Å².